The number of hydrogen-bond acceptors (Lipinski definition) is 10. The van der Waals surface area contributed by atoms with Gasteiger partial charge in [0.05, 0.1) is 16.8 Å². The number of halogens is 3. The summed E-state index contributed by atoms with van der Waals surface area (Å²) in [6.45, 7) is 1.11. The van der Waals surface area contributed by atoms with Crippen LogP contribution in [0, 0.1) is 24.4 Å². The first kappa shape index (κ1) is 25.4. The van der Waals surface area contributed by atoms with Crippen LogP contribution in [-0.4, -0.2) is 57.1 Å². The molecule has 36 heavy (non-hydrogen) atoms. The topological polar surface area (TPSA) is 185 Å². The number of carboxylic acids is 1. The zero-order valence-corrected chi connectivity index (χ0v) is 18.2. The van der Waals surface area contributed by atoms with Gasteiger partial charge in [-0.15, -0.1) is 0 Å². The Balaban J connectivity index is 1.60. The summed E-state index contributed by atoms with van der Waals surface area (Å²) in [5.41, 5.74) is 4.83. The van der Waals surface area contributed by atoms with E-state index >= 15 is 0 Å². The van der Waals surface area contributed by atoms with Crippen LogP contribution in [0.5, 0.6) is 0 Å². The first-order valence-electron chi connectivity index (χ1n) is 10.3. The fourth-order valence-electron chi connectivity index (χ4n) is 3.65. The van der Waals surface area contributed by atoms with Crippen molar-refractivity contribution in [1.29, 1.82) is 0 Å². The second kappa shape index (κ2) is 9.40. The van der Waals surface area contributed by atoms with Crippen molar-refractivity contribution < 1.29 is 52.4 Å². The van der Waals surface area contributed by atoms with Gasteiger partial charge in [0.1, 0.15) is 29.9 Å². The van der Waals surface area contributed by atoms with Crippen LogP contribution in [0.1, 0.15) is 5.56 Å². The number of aliphatic hydroxyl groups excluding tert-OH is 3. The smallest absolute Gasteiger partial charge is 0.335 e. The molecule has 192 valence electrons. The third-order valence-electron chi connectivity index (χ3n) is 5.66. The van der Waals surface area contributed by atoms with Crippen LogP contribution in [0.2, 0.25) is 0 Å². The highest BCUT2D eigenvalue weighted by Crippen LogP contribution is 2.32. The molecule has 0 amide bonds. The molecule has 0 bridgehead atoms. The Kier molecular flexibility index (Phi) is 6.64. The molecule has 2 heterocycles. The number of anilines is 2. The lowest BCUT2D eigenvalue weighted by Crippen LogP contribution is -2.60. The second-order valence-corrected chi connectivity index (χ2v) is 8.00. The Hall–Kier alpha value is -3.69. The van der Waals surface area contributed by atoms with E-state index < -0.39 is 81.8 Å². The Morgan fingerprint density at radius 3 is 2.42 bits per heavy atom. The van der Waals surface area contributed by atoms with Gasteiger partial charge in [0, 0.05) is 17.2 Å². The molecule has 5 atom stereocenters. The third kappa shape index (κ3) is 4.25. The van der Waals surface area contributed by atoms with Crippen molar-refractivity contribution in [2.45, 2.75) is 37.6 Å². The normalized spacial score (nSPS) is 24.1. The number of nitrogens with one attached hydrogen (secondary N) is 1. The lowest BCUT2D eigenvalue weighted by atomic mass is 9.99. The number of fused-ring (bicyclic) bond motifs is 1. The maximum atomic E-state index is 14.7. The van der Waals surface area contributed by atoms with Crippen LogP contribution >= 0.6 is 0 Å². The summed E-state index contributed by atoms with van der Waals surface area (Å²) in [6.07, 6.45) is -9.48. The van der Waals surface area contributed by atoms with Gasteiger partial charge >= 0.3 is 5.97 Å². The van der Waals surface area contributed by atoms with Gasteiger partial charge in [0.15, 0.2) is 28.8 Å². The van der Waals surface area contributed by atoms with E-state index in [0.717, 1.165) is 25.1 Å². The molecule has 0 saturated carbocycles. The van der Waals surface area contributed by atoms with Gasteiger partial charge in [-0.1, -0.05) is 0 Å². The Morgan fingerprint density at radius 1 is 1.08 bits per heavy atom. The van der Waals surface area contributed by atoms with Crippen LogP contribution in [0.4, 0.5) is 24.5 Å². The molecule has 0 aliphatic carbocycles. The molecule has 1 aliphatic rings. The summed E-state index contributed by atoms with van der Waals surface area (Å²) in [6, 6.07) is 4.11. The van der Waals surface area contributed by atoms with Crippen molar-refractivity contribution in [1.82, 2.24) is 0 Å². The van der Waals surface area contributed by atoms with E-state index in [0.29, 0.717) is 0 Å². The molecule has 0 unspecified atom stereocenters. The van der Waals surface area contributed by atoms with Crippen molar-refractivity contribution in [3.05, 3.63) is 57.5 Å². The predicted octanol–water partition coefficient (Wildman–Crippen LogP) is 1.00. The summed E-state index contributed by atoms with van der Waals surface area (Å²) in [5, 5.41) is 38.0. The molecular formula is C22H19F3N2O9. The summed E-state index contributed by atoms with van der Waals surface area (Å²) in [4.78, 5) is 28.6. The molecule has 2 aromatic carbocycles. The highest BCUT2D eigenvalue weighted by Gasteiger charge is 2.47. The average molecular weight is 512 g/mol. The molecule has 3 aromatic rings. The number of rotatable bonds is 5. The zero-order valence-electron chi connectivity index (χ0n) is 18.2. The van der Waals surface area contributed by atoms with Crippen molar-refractivity contribution in [2.75, 3.05) is 11.2 Å². The lowest BCUT2D eigenvalue weighted by molar-refractivity contribution is -0.287. The minimum Gasteiger partial charge on any atom is -0.479 e. The third-order valence-corrected chi connectivity index (χ3v) is 5.66. The number of benzene rings is 2. The number of aliphatic carboxylic acids is 1. The number of nitrogens with two attached hydrogens (primary N) is 1. The van der Waals surface area contributed by atoms with E-state index in [1.165, 1.54) is 6.07 Å². The summed E-state index contributed by atoms with van der Waals surface area (Å²) in [7, 11) is 0. The van der Waals surface area contributed by atoms with Gasteiger partial charge in [-0.25, -0.2) is 22.8 Å². The number of nitrogen functional groups attached to an aromatic ring is 1. The molecule has 0 spiro atoms. The molecule has 1 aliphatic heterocycles. The first-order chi connectivity index (χ1) is 16.9. The molecule has 7 N–H and O–H groups in total. The molecule has 1 aromatic heterocycles. The van der Waals surface area contributed by atoms with E-state index in [1.54, 1.807) is 0 Å². The molecular weight excluding hydrogens is 493 g/mol. The number of carboxylic acid groups (broad SMARTS) is 1. The molecule has 4 rings (SSSR count). The monoisotopic (exact) mass is 512 g/mol. The quantitative estimate of drug-likeness (QED) is 0.212. The molecule has 11 nitrogen and oxygen atoms in total. The maximum absolute atomic E-state index is 14.7. The van der Waals surface area contributed by atoms with Crippen LogP contribution in [0.3, 0.4) is 0 Å². The average Bonchev–Trinajstić information content (AvgIpc) is 2.84. The summed E-state index contributed by atoms with van der Waals surface area (Å²) >= 11 is 0. The van der Waals surface area contributed by atoms with Crippen LogP contribution in [-0.2, 0) is 14.4 Å². The van der Waals surface area contributed by atoms with Crippen molar-refractivity contribution >= 4 is 28.3 Å². The zero-order chi connectivity index (χ0) is 26.5. The van der Waals surface area contributed by atoms with Crippen molar-refractivity contribution in [3.63, 3.8) is 0 Å². The van der Waals surface area contributed by atoms with E-state index in [4.69, 9.17) is 24.8 Å². The fraction of sp³-hybridized carbons (Fsp3) is 0.273. The Bertz CT molecular complexity index is 1410. The van der Waals surface area contributed by atoms with E-state index in [1.807, 2.05) is 0 Å². The number of aliphatic hydroxyl groups is 3. The molecule has 14 heteroatoms. The number of hydrogen-bond donors (Lipinski definition) is 6. The number of ether oxygens (including phenoxy) is 1. The second-order valence-electron chi connectivity index (χ2n) is 8.00. The minimum absolute atomic E-state index is 0.0181. The summed E-state index contributed by atoms with van der Waals surface area (Å²) < 4.78 is 53.6. The Morgan fingerprint density at radius 2 is 1.78 bits per heavy atom. The molecule has 1 fully saturated rings. The summed E-state index contributed by atoms with van der Waals surface area (Å²) in [5.74, 6) is -5.11. The number of carbonyl (C=O) groups is 1. The Labute approximate surface area is 199 Å². The van der Waals surface area contributed by atoms with E-state index in [9.17, 15) is 38.1 Å². The highest BCUT2D eigenvalue weighted by molar-refractivity contribution is 5.91. The van der Waals surface area contributed by atoms with Gasteiger partial charge in [0.25, 0.3) is 0 Å². The van der Waals surface area contributed by atoms with Gasteiger partial charge in [-0.3, -0.25) is 10.3 Å². The predicted molar refractivity (Wildman–Crippen MR) is 116 cm³/mol. The lowest BCUT2D eigenvalue weighted by Gasteiger charge is -2.38. The van der Waals surface area contributed by atoms with Gasteiger partial charge in [-0.05, 0) is 25.1 Å². The fourth-order valence-corrected chi connectivity index (χ4v) is 3.65. The largest absolute Gasteiger partial charge is 0.479 e. The van der Waals surface area contributed by atoms with E-state index in [2.05, 4.69) is 5.48 Å². The van der Waals surface area contributed by atoms with Crippen LogP contribution in [0.15, 0.2) is 33.5 Å². The SMILES string of the molecule is Cc1c(F)c(N)c2c(=O)cc(-c3ccc(NO[C@@H]4O[C@H](C(=O)O)[C@@H](O)[C@H](O)[C@H]4O)c(F)c3)oc2c1F. The van der Waals surface area contributed by atoms with Gasteiger partial charge < -0.3 is 35.3 Å². The van der Waals surface area contributed by atoms with Crippen LogP contribution < -0.4 is 16.6 Å². The maximum Gasteiger partial charge on any atom is 0.335 e. The molecule has 0 radical (unpaired) electrons. The van der Waals surface area contributed by atoms with Crippen molar-refractivity contribution in [3.8, 4) is 11.3 Å². The minimum atomic E-state index is -1.94. The van der Waals surface area contributed by atoms with Crippen molar-refractivity contribution in [2.24, 2.45) is 0 Å². The van der Waals surface area contributed by atoms with Crippen LogP contribution in [0.25, 0.3) is 22.3 Å². The van der Waals surface area contributed by atoms with E-state index in [-0.39, 0.29) is 17.0 Å². The molecule has 1 saturated heterocycles. The first-order valence-corrected chi connectivity index (χ1v) is 10.3. The highest BCUT2D eigenvalue weighted by atomic mass is 19.1. The van der Waals surface area contributed by atoms with Gasteiger partial charge in [0.2, 0.25) is 6.29 Å². The van der Waals surface area contributed by atoms with Gasteiger partial charge in [-0.2, -0.15) is 0 Å². The standard InChI is InChI=1S/C22H19F3N2O9/c1-6-13(24)15(26)12-10(28)5-11(34-19(12)14(6)25)7-2-3-9(8(23)4-7)27-36-22-18(31)16(29)17(30)20(35-22)21(32)33/h2-5,16-18,20,22,27,29-31H,26H2,1H3,(H,32,33)/t16-,17-,18+,20-,22-/m0/s1.